The molecule has 20 heavy (non-hydrogen) atoms. The van der Waals surface area contributed by atoms with Gasteiger partial charge >= 0.3 is 0 Å². The highest BCUT2D eigenvalue weighted by Crippen LogP contribution is 2.24. The van der Waals surface area contributed by atoms with E-state index < -0.39 is 0 Å². The molecular weight excluding hydrogens is 246 g/mol. The van der Waals surface area contributed by atoms with Crippen LogP contribution in [0.5, 0.6) is 0 Å². The van der Waals surface area contributed by atoms with Gasteiger partial charge in [-0.25, -0.2) is 4.98 Å². The Morgan fingerprint density at radius 3 is 2.90 bits per heavy atom. The van der Waals surface area contributed by atoms with E-state index in [0.717, 1.165) is 12.2 Å². The van der Waals surface area contributed by atoms with Gasteiger partial charge in [0.2, 0.25) is 0 Å². The number of aromatic nitrogens is 2. The zero-order chi connectivity index (χ0) is 13.9. The number of pyridine rings is 1. The molecule has 0 amide bonds. The lowest BCUT2D eigenvalue weighted by Crippen LogP contribution is -2.17. The van der Waals surface area contributed by atoms with Gasteiger partial charge in [-0.2, -0.15) is 0 Å². The van der Waals surface area contributed by atoms with Crippen molar-refractivity contribution in [2.24, 2.45) is 0 Å². The predicted octanol–water partition coefficient (Wildman–Crippen LogP) is 3.67. The summed E-state index contributed by atoms with van der Waals surface area (Å²) >= 11 is 0. The summed E-state index contributed by atoms with van der Waals surface area (Å²) in [6.45, 7) is 5.30. The number of imidazole rings is 1. The number of hydrogen-bond donors (Lipinski definition) is 1. The first-order chi connectivity index (χ1) is 9.79. The lowest BCUT2D eigenvalue weighted by molar-refractivity contribution is 0.598. The molecule has 1 atom stereocenters. The largest absolute Gasteiger partial charge is 0.310 e. The number of hydrogen-bond acceptors (Lipinski definition) is 2. The van der Waals surface area contributed by atoms with Crippen molar-refractivity contribution in [3.63, 3.8) is 0 Å². The Morgan fingerprint density at radius 1 is 1.20 bits per heavy atom. The van der Waals surface area contributed by atoms with Gasteiger partial charge in [0.1, 0.15) is 5.65 Å². The van der Waals surface area contributed by atoms with Crippen molar-refractivity contribution < 1.29 is 0 Å². The molecule has 1 aromatic carbocycles. The van der Waals surface area contributed by atoms with E-state index in [1.807, 2.05) is 18.5 Å². The summed E-state index contributed by atoms with van der Waals surface area (Å²) in [5.41, 5.74) is 4.68. The molecule has 0 aliphatic rings. The van der Waals surface area contributed by atoms with E-state index in [-0.39, 0.29) is 0 Å². The SMILES string of the molecule is CCNC(C)c1cccc(-c2cccc3nccn23)c1. The second-order valence-corrected chi connectivity index (χ2v) is 4.97. The van der Waals surface area contributed by atoms with Crippen molar-refractivity contribution in [2.45, 2.75) is 19.9 Å². The van der Waals surface area contributed by atoms with Crippen molar-refractivity contribution in [1.29, 1.82) is 0 Å². The zero-order valence-electron chi connectivity index (χ0n) is 11.9. The molecule has 0 radical (unpaired) electrons. The Hall–Kier alpha value is -2.13. The monoisotopic (exact) mass is 265 g/mol. The minimum atomic E-state index is 0.363. The summed E-state index contributed by atoms with van der Waals surface area (Å²) in [5, 5.41) is 3.45. The summed E-state index contributed by atoms with van der Waals surface area (Å²) < 4.78 is 2.12. The highest BCUT2D eigenvalue weighted by atomic mass is 15.0. The van der Waals surface area contributed by atoms with E-state index >= 15 is 0 Å². The highest BCUT2D eigenvalue weighted by Gasteiger charge is 2.07. The number of rotatable bonds is 4. The van der Waals surface area contributed by atoms with E-state index in [2.05, 4.69) is 64.9 Å². The van der Waals surface area contributed by atoms with Crippen molar-refractivity contribution in [3.05, 3.63) is 60.4 Å². The van der Waals surface area contributed by atoms with Crippen molar-refractivity contribution in [1.82, 2.24) is 14.7 Å². The molecule has 3 nitrogen and oxygen atoms in total. The van der Waals surface area contributed by atoms with E-state index in [1.54, 1.807) is 0 Å². The van der Waals surface area contributed by atoms with Crippen LogP contribution in [0.2, 0.25) is 0 Å². The fourth-order valence-corrected chi connectivity index (χ4v) is 2.57. The van der Waals surface area contributed by atoms with Gasteiger partial charge in [0.25, 0.3) is 0 Å². The topological polar surface area (TPSA) is 29.3 Å². The van der Waals surface area contributed by atoms with Crippen LogP contribution in [0.1, 0.15) is 25.5 Å². The van der Waals surface area contributed by atoms with E-state index in [0.29, 0.717) is 6.04 Å². The molecule has 3 aromatic rings. The maximum atomic E-state index is 4.34. The molecule has 0 bridgehead atoms. The molecule has 0 aliphatic heterocycles. The van der Waals surface area contributed by atoms with Gasteiger partial charge in [-0.05, 0) is 42.8 Å². The first kappa shape index (κ1) is 12.9. The van der Waals surface area contributed by atoms with Crippen LogP contribution in [0, 0.1) is 0 Å². The number of benzene rings is 1. The van der Waals surface area contributed by atoms with E-state index in [9.17, 15) is 0 Å². The minimum absolute atomic E-state index is 0.363. The van der Waals surface area contributed by atoms with Gasteiger partial charge < -0.3 is 5.32 Å². The Morgan fingerprint density at radius 2 is 2.05 bits per heavy atom. The molecule has 3 rings (SSSR count). The Labute approximate surface area is 119 Å². The molecule has 0 fully saturated rings. The molecule has 0 saturated heterocycles. The molecule has 102 valence electrons. The Kier molecular flexibility index (Phi) is 3.52. The summed E-state index contributed by atoms with van der Waals surface area (Å²) in [5.74, 6) is 0. The highest BCUT2D eigenvalue weighted by molar-refractivity contribution is 5.64. The third kappa shape index (κ3) is 2.32. The van der Waals surface area contributed by atoms with Gasteiger partial charge in [0.15, 0.2) is 0 Å². The first-order valence-corrected chi connectivity index (χ1v) is 7.05. The lowest BCUT2D eigenvalue weighted by atomic mass is 10.0. The van der Waals surface area contributed by atoms with E-state index in [4.69, 9.17) is 0 Å². The van der Waals surface area contributed by atoms with Crippen molar-refractivity contribution in [3.8, 4) is 11.3 Å². The van der Waals surface area contributed by atoms with Gasteiger partial charge in [-0.3, -0.25) is 4.40 Å². The van der Waals surface area contributed by atoms with Crippen LogP contribution in [0.4, 0.5) is 0 Å². The minimum Gasteiger partial charge on any atom is -0.310 e. The van der Waals surface area contributed by atoms with Crippen molar-refractivity contribution in [2.75, 3.05) is 6.54 Å². The number of fused-ring (bicyclic) bond motifs is 1. The summed E-state index contributed by atoms with van der Waals surface area (Å²) in [4.78, 5) is 4.34. The molecule has 2 heterocycles. The predicted molar refractivity (Wildman–Crippen MR) is 82.7 cm³/mol. The van der Waals surface area contributed by atoms with Crippen LogP contribution in [0.25, 0.3) is 16.9 Å². The standard InChI is InChI=1S/C17H19N3/c1-3-18-13(2)14-6-4-7-15(12-14)16-8-5-9-17-19-10-11-20(16)17/h4-13,18H,3H2,1-2H3. The molecule has 1 unspecified atom stereocenters. The molecule has 0 spiro atoms. The summed E-state index contributed by atoms with van der Waals surface area (Å²) in [7, 11) is 0. The van der Waals surface area contributed by atoms with Crippen LogP contribution in [0.15, 0.2) is 54.9 Å². The Bertz CT molecular complexity index is 715. The molecule has 1 N–H and O–H groups in total. The fourth-order valence-electron chi connectivity index (χ4n) is 2.57. The fraction of sp³-hybridized carbons (Fsp3) is 0.235. The van der Waals surface area contributed by atoms with Crippen LogP contribution in [0.3, 0.4) is 0 Å². The maximum Gasteiger partial charge on any atom is 0.137 e. The summed E-state index contributed by atoms with van der Waals surface area (Å²) in [6, 6.07) is 15.3. The maximum absolute atomic E-state index is 4.34. The summed E-state index contributed by atoms with van der Waals surface area (Å²) in [6.07, 6.45) is 3.84. The van der Waals surface area contributed by atoms with Crippen LogP contribution in [-0.2, 0) is 0 Å². The van der Waals surface area contributed by atoms with Crippen molar-refractivity contribution >= 4 is 5.65 Å². The van der Waals surface area contributed by atoms with Gasteiger partial charge in [0.05, 0.1) is 5.69 Å². The lowest BCUT2D eigenvalue weighted by Gasteiger charge is -2.14. The molecular formula is C17H19N3. The second-order valence-electron chi connectivity index (χ2n) is 4.97. The van der Waals surface area contributed by atoms with Crippen LogP contribution >= 0.6 is 0 Å². The molecule has 3 heteroatoms. The first-order valence-electron chi connectivity index (χ1n) is 7.05. The van der Waals surface area contributed by atoms with Gasteiger partial charge in [0, 0.05) is 18.4 Å². The zero-order valence-corrected chi connectivity index (χ0v) is 11.9. The van der Waals surface area contributed by atoms with Crippen LogP contribution < -0.4 is 5.32 Å². The average molecular weight is 265 g/mol. The number of nitrogens with one attached hydrogen (secondary N) is 1. The van der Waals surface area contributed by atoms with Gasteiger partial charge in [-0.15, -0.1) is 0 Å². The van der Waals surface area contributed by atoms with Gasteiger partial charge in [-0.1, -0.05) is 31.2 Å². The third-order valence-electron chi connectivity index (χ3n) is 3.62. The normalized spacial score (nSPS) is 12.7. The number of nitrogens with zero attached hydrogens (tertiary/aromatic N) is 2. The third-order valence-corrected chi connectivity index (χ3v) is 3.62. The second kappa shape index (κ2) is 5.47. The molecule has 0 aliphatic carbocycles. The molecule has 2 aromatic heterocycles. The quantitative estimate of drug-likeness (QED) is 0.780. The van der Waals surface area contributed by atoms with Crippen LogP contribution in [-0.4, -0.2) is 15.9 Å². The molecule has 0 saturated carbocycles. The van der Waals surface area contributed by atoms with E-state index in [1.165, 1.54) is 16.8 Å². The Balaban J connectivity index is 2.06. The smallest absolute Gasteiger partial charge is 0.137 e. The average Bonchev–Trinajstić information content (AvgIpc) is 2.96.